The Morgan fingerprint density at radius 1 is 1.00 bits per heavy atom. The monoisotopic (exact) mass is 588 g/mol. The lowest BCUT2D eigenvalue weighted by Gasteiger charge is -2.19. The maximum absolute atomic E-state index is 13.6. The summed E-state index contributed by atoms with van der Waals surface area (Å²) in [5.41, 5.74) is 3.19. The molecule has 10 heteroatoms. The standard InChI is InChI=1S/C28H23Cl3N2O4S/c1-3-17-8-10-20(11-9-17)33-27(35)24(32(28(33)38)15-25(34)36-2)14-18-12-22(30)26(23(31)13-18)37-16-19-6-4-5-7-21(19)29/h4-14H,3,15-16H2,1-2H3/b24-14-. The predicted octanol–water partition coefficient (Wildman–Crippen LogP) is 6.94. The minimum atomic E-state index is -0.548. The van der Waals surface area contributed by atoms with E-state index in [1.807, 2.05) is 49.4 Å². The van der Waals surface area contributed by atoms with Crippen LogP contribution in [0.15, 0.2) is 66.4 Å². The van der Waals surface area contributed by atoms with Crippen LogP contribution in [0, 0.1) is 0 Å². The van der Waals surface area contributed by atoms with Gasteiger partial charge in [0, 0.05) is 10.6 Å². The Kier molecular flexibility index (Phi) is 8.95. The highest BCUT2D eigenvalue weighted by molar-refractivity contribution is 7.80. The zero-order valence-electron chi connectivity index (χ0n) is 20.5. The minimum absolute atomic E-state index is 0.160. The van der Waals surface area contributed by atoms with Gasteiger partial charge in [-0.2, -0.15) is 0 Å². The summed E-state index contributed by atoms with van der Waals surface area (Å²) in [6.45, 7) is 1.98. The van der Waals surface area contributed by atoms with Gasteiger partial charge >= 0.3 is 5.97 Å². The molecule has 0 N–H and O–H groups in total. The second-order valence-corrected chi connectivity index (χ2v) is 9.92. The normalized spacial score (nSPS) is 14.4. The van der Waals surface area contributed by atoms with Gasteiger partial charge in [0.15, 0.2) is 10.9 Å². The van der Waals surface area contributed by atoms with Crippen LogP contribution in [0.1, 0.15) is 23.6 Å². The number of hydrogen-bond acceptors (Lipinski definition) is 5. The van der Waals surface area contributed by atoms with E-state index in [0.717, 1.165) is 17.5 Å². The van der Waals surface area contributed by atoms with Crippen molar-refractivity contribution in [1.29, 1.82) is 0 Å². The molecular formula is C28H23Cl3N2O4S. The van der Waals surface area contributed by atoms with Crippen molar-refractivity contribution in [2.24, 2.45) is 0 Å². The highest BCUT2D eigenvalue weighted by atomic mass is 35.5. The molecule has 196 valence electrons. The summed E-state index contributed by atoms with van der Waals surface area (Å²) >= 11 is 24.8. The number of hydrogen-bond donors (Lipinski definition) is 0. The van der Waals surface area contributed by atoms with Gasteiger partial charge in [0.2, 0.25) is 0 Å². The first-order valence-corrected chi connectivity index (χ1v) is 13.2. The topological polar surface area (TPSA) is 59.1 Å². The number of methoxy groups -OCH3 is 1. The average molecular weight is 590 g/mol. The number of carbonyl (C=O) groups is 2. The summed E-state index contributed by atoms with van der Waals surface area (Å²) in [7, 11) is 1.27. The SMILES string of the molecule is CCc1ccc(N2C(=O)/C(=C/c3cc(Cl)c(OCc4ccccc4Cl)c(Cl)c3)N(CC(=O)OC)C2=S)cc1. The van der Waals surface area contributed by atoms with Gasteiger partial charge in [-0.1, -0.05) is 72.1 Å². The number of nitrogens with zero attached hydrogens (tertiary/aromatic N) is 2. The molecule has 0 radical (unpaired) electrons. The number of carbonyl (C=O) groups excluding carboxylic acids is 2. The van der Waals surface area contributed by atoms with Gasteiger partial charge in [0.25, 0.3) is 5.91 Å². The Balaban J connectivity index is 1.66. The average Bonchev–Trinajstić information content (AvgIpc) is 3.12. The van der Waals surface area contributed by atoms with Gasteiger partial charge in [0.1, 0.15) is 18.8 Å². The summed E-state index contributed by atoms with van der Waals surface area (Å²) < 4.78 is 10.7. The molecule has 1 saturated heterocycles. The van der Waals surface area contributed by atoms with E-state index in [0.29, 0.717) is 16.3 Å². The number of thiocarbonyl (C=S) groups is 1. The molecule has 0 unspecified atom stereocenters. The number of esters is 1. The lowest BCUT2D eigenvalue weighted by Crippen LogP contribution is -2.35. The molecule has 1 heterocycles. The fraction of sp³-hybridized carbons (Fsp3) is 0.179. The van der Waals surface area contributed by atoms with E-state index < -0.39 is 11.9 Å². The van der Waals surface area contributed by atoms with Gasteiger partial charge in [-0.05, 0) is 66.2 Å². The zero-order chi connectivity index (χ0) is 27.4. The lowest BCUT2D eigenvalue weighted by molar-refractivity contribution is -0.140. The quantitative estimate of drug-likeness (QED) is 0.161. The summed E-state index contributed by atoms with van der Waals surface area (Å²) in [5.74, 6) is -0.657. The summed E-state index contributed by atoms with van der Waals surface area (Å²) in [5, 5.41) is 1.22. The van der Waals surface area contributed by atoms with Crippen LogP contribution in [0.3, 0.4) is 0 Å². The van der Waals surface area contributed by atoms with Crippen molar-refractivity contribution < 1.29 is 19.1 Å². The predicted molar refractivity (Wildman–Crippen MR) is 155 cm³/mol. The first-order valence-electron chi connectivity index (χ1n) is 11.6. The van der Waals surface area contributed by atoms with E-state index in [1.165, 1.54) is 16.9 Å². The Morgan fingerprint density at radius 2 is 1.66 bits per heavy atom. The first-order chi connectivity index (χ1) is 18.2. The van der Waals surface area contributed by atoms with E-state index >= 15 is 0 Å². The van der Waals surface area contributed by atoms with Crippen molar-refractivity contribution in [1.82, 2.24) is 4.90 Å². The van der Waals surface area contributed by atoms with Crippen LogP contribution < -0.4 is 9.64 Å². The molecule has 4 rings (SSSR count). The number of halogens is 3. The maximum Gasteiger partial charge on any atom is 0.325 e. The molecule has 0 spiro atoms. The third-order valence-corrected chi connectivity index (χ3v) is 7.24. The second-order valence-electron chi connectivity index (χ2n) is 8.33. The molecule has 1 amide bonds. The fourth-order valence-electron chi connectivity index (χ4n) is 3.86. The molecule has 3 aromatic rings. The van der Waals surface area contributed by atoms with Gasteiger partial charge in [-0.15, -0.1) is 0 Å². The number of rotatable bonds is 8. The number of anilines is 1. The summed E-state index contributed by atoms with van der Waals surface area (Å²) in [6, 6.07) is 18.0. The van der Waals surface area contributed by atoms with Gasteiger partial charge in [-0.3, -0.25) is 14.5 Å². The van der Waals surface area contributed by atoms with Gasteiger partial charge in [-0.25, -0.2) is 0 Å². The number of benzene rings is 3. The number of amides is 1. The Hall–Kier alpha value is -3.10. The van der Waals surface area contributed by atoms with Gasteiger partial charge < -0.3 is 14.4 Å². The molecule has 6 nitrogen and oxygen atoms in total. The van der Waals surface area contributed by atoms with Gasteiger partial charge in [0.05, 0.1) is 22.8 Å². The molecule has 0 aliphatic carbocycles. The van der Waals surface area contributed by atoms with Crippen LogP contribution in [0.5, 0.6) is 5.75 Å². The van der Waals surface area contributed by atoms with Crippen molar-refractivity contribution in [2.75, 3.05) is 18.6 Å². The Labute approximate surface area is 241 Å². The molecule has 0 saturated carbocycles. The molecule has 0 aromatic heterocycles. The van der Waals surface area contributed by atoms with E-state index in [2.05, 4.69) is 0 Å². The molecule has 1 fully saturated rings. The summed E-state index contributed by atoms with van der Waals surface area (Å²) in [6.07, 6.45) is 2.44. The fourth-order valence-corrected chi connectivity index (χ4v) is 5.01. The van der Waals surface area contributed by atoms with Crippen LogP contribution in [0.25, 0.3) is 6.08 Å². The molecular weight excluding hydrogens is 567 g/mol. The van der Waals surface area contributed by atoms with E-state index in [9.17, 15) is 9.59 Å². The smallest absolute Gasteiger partial charge is 0.325 e. The first kappa shape index (κ1) is 27.9. The highest BCUT2D eigenvalue weighted by Gasteiger charge is 2.40. The molecule has 38 heavy (non-hydrogen) atoms. The lowest BCUT2D eigenvalue weighted by atomic mass is 10.1. The van der Waals surface area contributed by atoms with E-state index in [4.69, 9.17) is 56.5 Å². The zero-order valence-corrected chi connectivity index (χ0v) is 23.6. The van der Waals surface area contributed by atoms with Crippen LogP contribution in [-0.4, -0.2) is 35.5 Å². The Morgan fingerprint density at radius 3 is 2.26 bits per heavy atom. The van der Waals surface area contributed by atoms with Crippen molar-refractivity contribution >= 4 is 75.8 Å². The minimum Gasteiger partial charge on any atom is -0.486 e. The third kappa shape index (κ3) is 5.97. The van der Waals surface area contributed by atoms with Crippen molar-refractivity contribution in [3.8, 4) is 5.75 Å². The number of ether oxygens (including phenoxy) is 2. The van der Waals surface area contributed by atoms with Crippen molar-refractivity contribution in [3.63, 3.8) is 0 Å². The summed E-state index contributed by atoms with van der Waals surface area (Å²) in [4.78, 5) is 28.5. The molecule has 1 aliphatic rings. The van der Waals surface area contributed by atoms with Crippen molar-refractivity contribution in [3.05, 3.63) is 98.1 Å². The van der Waals surface area contributed by atoms with Crippen LogP contribution in [0.4, 0.5) is 5.69 Å². The van der Waals surface area contributed by atoms with Crippen LogP contribution in [-0.2, 0) is 27.4 Å². The second kappa shape index (κ2) is 12.2. The number of aryl methyl sites for hydroxylation is 1. The molecule has 0 atom stereocenters. The molecule has 3 aromatic carbocycles. The Bertz CT molecular complexity index is 1400. The van der Waals surface area contributed by atoms with E-state index in [1.54, 1.807) is 24.3 Å². The molecule has 0 bridgehead atoms. The van der Waals surface area contributed by atoms with Crippen LogP contribution >= 0.6 is 47.0 Å². The van der Waals surface area contributed by atoms with Crippen LogP contribution in [0.2, 0.25) is 15.1 Å². The highest BCUT2D eigenvalue weighted by Crippen LogP contribution is 2.37. The van der Waals surface area contributed by atoms with Crippen molar-refractivity contribution in [2.45, 2.75) is 20.0 Å². The largest absolute Gasteiger partial charge is 0.486 e. The van der Waals surface area contributed by atoms with E-state index in [-0.39, 0.29) is 39.8 Å². The maximum atomic E-state index is 13.6. The third-order valence-electron chi connectivity index (χ3n) is 5.91. The molecule has 1 aliphatic heterocycles.